The van der Waals surface area contributed by atoms with Crippen molar-refractivity contribution in [2.45, 2.75) is 98.3 Å². The van der Waals surface area contributed by atoms with Gasteiger partial charge in [-0.3, -0.25) is 4.79 Å². The number of rotatable bonds is 17. The van der Waals surface area contributed by atoms with E-state index in [1.54, 1.807) is 0 Å². The monoisotopic (exact) mass is 382 g/mol. The van der Waals surface area contributed by atoms with Crippen LogP contribution in [0.5, 0.6) is 0 Å². The van der Waals surface area contributed by atoms with E-state index in [1.165, 1.54) is 38.5 Å². The zero-order valence-corrected chi connectivity index (χ0v) is 18.2. The molecule has 0 spiro atoms. The van der Waals surface area contributed by atoms with Crippen LogP contribution in [-0.4, -0.2) is 25.2 Å². The van der Waals surface area contributed by atoms with Gasteiger partial charge in [-0.05, 0) is 24.7 Å². The van der Waals surface area contributed by atoms with Crippen LogP contribution in [0.1, 0.15) is 98.3 Å². The van der Waals surface area contributed by atoms with Gasteiger partial charge in [-0.2, -0.15) is 0 Å². The van der Waals surface area contributed by atoms with Crippen LogP contribution < -0.4 is 0 Å². The van der Waals surface area contributed by atoms with Crippen LogP contribution in [0.4, 0.5) is 0 Å². The molecule has 0 fully saturated rings. The summed E-state index contributed by atoms with van der Waals surface area (Å²) in [4.78, 5) is 23.6. The smallest absolute Gasteiger partial charge is 0.333 e. The minimum Gasteiger partial charge on any atom is -0.465 e. The Morgan fingerprint density at radius 2 is 1.15 bits per heavy atom. The molecule has 0 saturated heterocycles. The van der Waals surface area contributed by atoms with Crippen molar-refractivity contribution >= 4 is 11.9 Å². The Labute approximate surface area is 167 Å². The Hall–Kier alpha value is -1.32. The van der Waals surface area contributed by atoms with Crippen molar-refractivity contribution in [2.75, 3.05) is 13.2 Å². The van der Waals surface area contributed by atoms with Gasteiger partial charge in [-0.15, -0.1) is 0 Å². The van der Waals surface area contributed by atoms with Gasteiger partial charge in [0.2, 0.25) is 0 Å². The lowest BCUT2D eigenvalue weighted by molar-refractivity contribution is -0.146. The van der Waals surface area contributed by atoms with Crippen molar-refractivity contribution in [3.8, 4) is 0 Å². The highest BCUT2D eigenvalue weighted by atomic mass is 16.5. The van der Waals surface area contributed by atoms with Crippen LogP contribution in [0.15, 0.2) is 12.2 Å². The van der Waals surface area contributed by atoms with Crippen LogP contribution >= 0.6 is 0 Å². The summed E-state index contributed by atoms with van der Waals surface area (Å²) in [7, 11) is 0. The van der Waals surface area contributed by atoms with Crippen molar-refractivity contribution in [3.05, 3.63) is 12.2 Å². The first kappa shape index (κ1) is 25.7. The number of hydrogen-bond donors (Lipinski definition) is 0. The predicted molar refractivity (Wildman–Crippen MR) is 112 cm³/mol. The first-order valence-corrected chi connectivity index (χ1v) is 10.8. The van der Waals surface area contributed by atoms with Crippen molar-refractivity contribution in [1.29, 1.82) is 0 Å². The van der Waals surface area contributed by atoms with Crippen LogP contribution in [0.3, 0.4) is 0 Å². The maximum absolute atomic E-state index is 11.8. The minimum absolute atomic E-state index is 0.0828. The molecule has 0 saturated carbocycles. The fraction of sp³-hybridized carbons (Fsp3) is 0.826. The third kappa shape index (κ3) is 17.8. The zero-order chi connectivity index (χ0) is 20.5. The standard InChI is InChI=1S/C23H42O4/c1-19(2)14-10-6-8-12-16-26-22(24)18-21(5)23(25)27-17-13-9-7-11-15-20(3)4/h19-20H,5-18H2,1-4H3. The molecule has 0 aliphatic carbocycles. The molecule has 0 aliphatic heterocycles. The van der Waals surface area contributed by atoms with Gasteiger partial charge in [0.15, 0.2) is 0 Å². The zero-order valence-electron chi connectivity index (χ0n) is 18.2. The van der Waals surface area contributed by atoms with E-state index in [4.69, 9.17) is 9.47 Å². The summed E-state index contributed by atoms with van der Waals surface area (Å²) < 4.78 is 10.3. The third-order valence-electron chi connectivity index (χ3n) is 4.49. The van der Waals surface area contributed by atoms with Crippen molar-refractivity contribution in [2.24, 2.45) is 11.8 Å². The summed E-state index contributed by atoms with van der Waals surface area (Å²) in [5.41, 5.74) is 0.178. The second-order valence-electron chi connectivity index (χ2n) is 8.33. The van der Waals surface area contributed by atoms with Gasteiger partial charge in [-0.25, -0.2) is 4.79 Å². The molecule has 4 heteroatoms. The average molecular weight is 383 g/mol. The molecule has 0 N–H and O–H groups in total. The molecule has 158 valence electrons. The molecule has 0 bridgehead atoms. The summed E-state index contributed by atoms with van der Waals surface area (Å²) in [5, 5.41) is 0. The van der Waals surface area contributed by atoms with Gasteiger partial charge in [0, 0.05) is 5.57 Å². The molecule has 0 radical (unpaired) electrons. The van der Waals surface area contributed by atoms with E-state index in [0.717, 1.165) is 37.5 Å². The van der Waals surface area contributed by atoms with Crippen LogP contribution in [0.25, 0.3) is 0 Å². The number of esters is 2. The highest BCUT2D eigenvalue weighted by molar-refractivity contribution is 5.93. The molecule has 0 rings (SSSR count). The number of unbranched alkanes of at least 4 members (excludes halogenated alkanes) is 6. The Kier molecular flexibility index (Phi) is 16.0. The molecule has 0 aromatic heterocycles. The predicted octanol–water partition coefficient (Wildman–Crippen LogP) is 6.23. The van der Waals surface area contributed by atoms with E-state index in [2.05, 4.69) is 34.3 Å². The second kappa shape index (κ2) is 16.8. The second-order valence-corrected chi connectivity index (χ2v) is 8.33. The largest absolute Gasteiger partial charge is 0.465 e. The number of hydrogen-bond acceptors (Lipinski definition) is 4. The Morgan fingerprint density at radius 1 is 0.704 bits per heavy atom. The fourth-order valence-electron chi connectivity index (χ4n) is 2.77. The summed E-state index contributed by atoms with van der Waals surface area (Å²) >= 11 is 0. The van der Waals surface area contributed by atoms with E-state index >= 15 is 0 Å². The molecule has 0 aromatic carbocycles. The maximum Gasteiger partial charge on any atom is 0.333 e. The summed E-state index contributed by atoms with van der Waals surface area (Å²) in [6, 6.07) is 0. The van der Waals surface area contributed by atoms with E-state index in [0.29, 0.717) is 13.2 Å². The summed E-state index contributed by atoms with van der Waals surface area (Å²) in [5.74, 6) is 0.616. The first-order chi connectivity index (χ1) is 12.8. The molecule has 0 aromatic rings. The van der Waals surface area contributed by atoms with Gasteiger partial charge in [-0.1, -0.05) is 85.6 Å². The van der Waals surface area contributed by atoms with E-state index in [9.17, 15) is 9.59 Å². The number of carbonyl (C=O) groups is 2. The van der Waals surface area contributed by atoms with E-state index in [-0.39, 0.29) is 12.0 Å². The third-order valence-corrected chi connectivity index (χ3v) is 4.49. The molecule has 0 aliphatic rings. The van der Waals surface area contributed by atoms with Gasteiger partial charge in [0.25, 0.3) is 0 Å². The molecule has 27 heavy (non-hydrogen) atoms. The molecular formula is C23H42O4. The average Bonchev–Trinajstić information content (AvgIpc) is 2.59. The van der Waals surface area contributed by atoms with Crippen molar-refractivity contribution in [3.63, 3.8) is 0 Å². The Morgan fingerprint density at radius 3 is 1.63 bits per heavy atom. The molecule has 0 atom stereocenters. The topological polar surface area (TPSA) is 52.6 Å². The van der Waals surface area contributed by atoms with E-state index in [1.807, 2.05) is 0 Å². The lowest BCUT2D eigenvalue weighted by atomic mass is 10.0. The molecular weight excluding hydrogens is 340 g/mol. The van der Waals surface area contributed by atoms with Crippen LogP contribution in [0.2, 0.25) is 0 Å². The lowest BCUT2D eigenvalue weighted by Gasteiger charge is -2.08. The lowest BCUT2D eigenvalue weighted by Crippen LogP contribution is -2.14. The van der Waals surface area contributed by atoms with Crippen molar-refractivity contribution < 1.29 is 19.1 Å². The van der Waals surface area contributed by atoms with Gasteiger partial charge in [0.1, 0.15) is 0 Å². The van der Waals surface area contributed by atoms with Gasteiger partial charge < -0.3 is 9.47 Å². The molecule has 0 heterocycles. The summed E-state index contributed by atoms with van der Waals surface area (Å²) in [6.07, 6.45) is 11.1. The number of carbonyl (C=O) groups excluding carboxylic acids is 2. The Balaban J connectivity index is 3.60. The highest BCUT2D eigenvalue weighted by Crippen LogP contribution is 2.11. The molecule has 0 unspecified atom stereocenters. The first-order valence-electron chi connectivity index (χ1n) is 10.8. The van der Waals surface area contributed by atoms with Crippen LogP contribution in [-0.2, 0) is 19.1 Å². The Bertz CT molecular complexity index is 413. The van der Waals surface area contributed by atoms with Crippen LogP contribution in [0, 0.1) is 11.8 Å². The van der Waals surface area contributed by atoms with Gasteiger partial charge >= 0.3 is 11.9 Å². The molecule has 0 amide bonds. The number of ether oxygens (including phenoxy) is 2. The quantitative estimate of drug-likeness (QED) is 0.170. The minimum atomic E-state index is -0.484. The fourth-order valence-corrected chi connectivity index (χ4v) is 2.77. The van der Waals surface area contributed by atoms with Crippen molar-refractivity contribution in [1.82, 2.24) is 0 Å². The van der Waals surface area contributed by atoms with Gasteiger partial charge in [0.05, 0.1) is 19.6 Å². The summed E-state index contributed by atoms with van der Waals surface area (Å²) in [6.45, 7) is 13.4. The maximum atomic E-state index is 11.8. The highest BCUT2D eigenvalue weighted by Gasteiger charge is 2.14. The van der Waals surface area contributed by atoms with E-state index < -0.39 is 11.9 Å². The SMILES string of the molecule is C=C(CC(=O)OCCCCCCC(C)C)C(=O)OCCCCCCC(C)C. The normalized spacial score (nSPS) is 11.0. The molecule has 4 nitrogen and oxygen atoms in total.